The van der Waals surface area contributed by atoms with E-state index >= 15 is 0 Å². The van der Waals surface area contributed by atoms with Gasteiger partial charge in [-0.3, -0.25) is 19.3 Å². The summed E-state index contributed by atoms with van der Waals surface area (Å²) in [5.74, 6) is 1.00. The molecule has 150 valence electrons. The molecule has 0 atom stereocenters. The highest BCUT2D eigenvalue weighted by Crippen LogP contribution is 2.34. The van der Waals surface area contributed by atoms with E-state index in [0.717, 1.165) is 11.3 Å². The topological polar surface area (TPSA) is 92.2 Å². The van der Waals surface area contributed by atoms with Gasteiger partial charge in [-0.15, -0.1) is 11.3 Å². The quantitative estimate of drug-likeness (QED) is 0.586. The van der Waals surface area contributed by atoms with Gasteiger partial charge in [0.15, 0.2) is 10.6 Å². The minimum absolute atomic E-state index is 0.0250. The van der Waals surface area contributed by atoms with Crippen LogP contribution in [-0.4, -0.2) is 40.2 Å². The van der Waals surface area contributed by atoms with Gasteiger partial charge >= 0.3 is 0 Å². The van der Waals surface area contributed by atoms with Crippen molar-refractivity contribution in [3.8, 4) is 16.5 Å². The predicted octanol–water partition coefficient (Wildman–Crippen LogP) is 3.44. The number of aromatic nitrogens is 3. The van der Waals surface area contributed by atoms with Crippen LogP contribution >= 0.6 is 23.6 Å². The lowest BCUT2D eigenvalue weighted by Gasteiger charge is -2.19. The van der Waals surface area contributed by atoms with Gasteiger partial charge in [0.25, 0.3) is 0 Å². The van der Waals surface area contributed by atoms with Crippen LogP contribution in [0.2, 0.25) is 0 Å². The molecule has 2 N–H and O–H groups in total. The number of aromatic amines is 1. The van der Waals surface area contributed by atoms with E-state index in [9.17, 15) is 9.59 Å². The van der Waals surface area contributed by atoms with Gasteiger partial charge in [0, 0.05) is 24.7 Å². The average molecular weight is 430 g/mol. The fraction of sp³-hybridized carbons (Fsp3) is 0.263. The Hall–Kier alpha value is -2.98. The van der Waals surface area contributed by atoms with Gasteiger partial charge in [-0.05, 0) is 42.2 Å². The Morgan fingerprint density at radius 1 is 1.41 bits per heavy atom. The van der Waals surface area contributed by atoms with Crippen LogP contribution in [0.25, 0.3) is 10.7 Å². The molecule has 1 aliphatic heterocycles. The first-order chi connectivity index (χ1) is 14.1. The van der Waals surface area contributed by atoms with Gasteiger partial charge in [-0.2, -0.15) is 5.10 Å². The van der Waals surface area contributed by atoms with Crippen molar-refractivity contribution in [2.45, 2.75) is 19.4 Å². The number of carbonyl (C=O) groups is 2. The van der Waals surface area contributed by atoms with Crippen molar-refractivity contribution in [3.63, 3.8) is 0 Å². The Morgan fingerprint density at radius 2 is 2.28 bits per heavy atom. The molecule has 4 rings (SSSR count). The summed E-state index contributed by atoms with van der Waals surface area (Å²) in [7, 11) is 1.54. The lowest BCUT2D eigenvalue weighted by molar-refractivity contribution is -0.117. The Bertz CT molecular complexity index is 1100. The molecule has 1 aliphatic rings. The summed E-state index contributed by atoms with van der Waals surface area (Å²) < 4.78 is 7.48. The molecule has 2 aromatic heterocycles. The van der Waals surface area contributed by atoms with Gasteiger partial charge in [0.1, 0.15) is 12.3 Å². The lowest BCUT2D eigenvalue weighted by Crippen LogP contribution is -2.24. The highest BCUT2D eigenvalue weighted by Gasteiger charge is 2.24. The zero-order valence-electron chi connectivity index (χ0n) is 15.7. The van der Waals surface area contributed by atoms with Crippen molar-refractivity contribution in [2.24, 2.45) is 0 Å². The van der Waals surface area contributed by atoms with E-state index in [1.807, 2.05) is 17.5 Å². The Kier molecular flexibility index (Phi) is 5.45. The Labute approximate surface area is 176 Å². The van der Waals surface area contributed by atoms with Gasteiger partial charge in [-0.25, -0.2) is 0 Å². The average Bonchev–Trinajstić information content (AvgIpc) is 3.45. The Balaban J connectivity index is 1.52. The molecular weight excluding hydrogens is 410 g/mol. The molecule has 0 unspecified atom stereocenters. The number of rotatable bonds is 6. The standard InChI is InChI=1S/C19H19N5O3S2/c1-27-14-10-12(6-7-13(14)23-8-2-5-17(23)26)20-16(25)11-24-18(21-22-19(24)28)15-4-3-9-29-15/h3-4,6-7,9-10H,2,5,8,11H2,1H3,(H,20,25)(H,22,28). The molecule has 0 aliphatic carbocycles. The van der Waals surface area contributed by atoms with Crippen LogP contribution in [0.3, 0.4) is 0 Å². The molecule has 2 amide bonds. The third kappa shape index (κ3) is 3.94. The number of carbonyl (C=O) groups excluding carboxylic acids is 2. The van der Waals surface area contributed by atoms with Crippen LogP contribution in [0.5, 0.6) is 5.75 Å². The molecule has 3 heterocycles. The van der Waals surface area contributed by atoms with Crippen molar-refractivity contribution in [3.05, 3.63) is 40.5 Å². The third-order valence-corrected chi connectivity index (χ3v) is 5.81. The predicted molar refractivity (Wildman–Crippen MR) is 114 cm³/mol. The van der Waals surface area contributed by atoms with E-state index < -0.39 is 0 Å². The largest absolute Gasteiger partial charge is 0.494 e. The summed E-state index contributed by atoms with van der Waals surface area (Å²) in [5, 5.41) is 11.8. The Morgan fingerprint density at radius 3 is 2.97 bits per heavy atom. The fourth-order valence-electron chi connectivity index (χ4n) is 3.28. The van der Waals surface area contributed by atoms with Gasteiger partial charge in [0.05, 0.1) is 17.7 Å². The normalized spacial score (nSPS) is 13.7. The molecule has 0 radical (unpaired) electrons. The number of benzene rings is 1. The molecule has 0 bridgehead atoms. The first-order valence-corrected chi connectivity index (χ1v) is 10.3. The summed E-state index contributed by atoms with van der Waals surface area (Å²) in [6.45, 7) is 0.697. The number of methoxy groups -OCH3 is 1. The van der Waals surface area contributed by atoms with Crippen LogP contribution in [0, 0.1) is 4.77 Å². The molecule has 10 heteroatoms. The van der Waals surface area contributed by atoms with E-state index in [0.29, 0.717) is 40.7 Å². The van der Waals surface area contributed by atoms with E-state index in [-0.39, 0.29) is 18.4 Å². The number of hydrogen-bond donors (Lipinski definition) is 2. The molecule has 1 aromatic carbocycles. The molecule has 3 aromatic rings. The van der Waals surface area contributed by atoms with E-state index in [2.05, 4.69) is 15.5 Å². The van der Waals surface area contributed by atoms with Crippen molar-refractivity contribution in [2.75, 3.05) is 23.9 Å². The van der Waals surface area contributed by atoms with Crippen molar-refractivity contribution in [1.29, 1.82) is 0 Å². The van der Waals surface area contributed by atoms with Crippen molar-refractivity contribution >= 4 is 46.7 Å². The number of hydrogen-bond acceptors (Lipinski definition) is 6. The van der Waals surface area contributed by atoms with Crippen LogP contribution < -0.4 is 15.0 Å². The molecule has 1 saturated heterocycles. The third-order valence-electron chi connectivity index (χ3n) is 4.63. The minimum atomic E-state index is -0.243. The molecule has 0 spiro atoms. The SMILES string of the molecule is COc1cc(NC(=O)Cn2c(-c3cccs3)n[nH]c2=S)ccc1N1CCCC1=O. The first-order valence-electron chi connectivity index (χ1n) is 9.04. The fourth-order valence-corrected chi connectivity index (χ4v) is 4.20. The number of anilines is 2. The molecule has 1 fully saturated rings. The number of H-pyrrole nitrogens is 1. The minimum Gasteiger partial charge on any atom is -0.494 e. The number of ether oxygens (including phenoxy) is 1. The number of thiophene rings is 1. The van der Waals surface area contributed by atoms with Gasteiger partial charge < -0.3 is 15.0 Å². The van der Waals surface area contributed by atoms with Crippen LogP contribution in [0.1, 0.15) is 12.8 Å². The van der Waals surface area contributed by atoms with Crippen LogP contribution in [-0.2, 0) is 16.1 Å². The number of nitrogens with one attached hydrogen (secondary N) is 2. The van der Waals surface area contributed by atoms with Gasteiger partial charge in [-0.1, -0.05) is 6.07 Å². The summed E-state index contributed by atoms with van der Waals surface area (Å²) in [6, 6.07) is 9.11. The summed E-state index contributed by atoms with van der Waals surface area (Å²) >= 11 is 6.79. The van der Waals surface area contributed by atoms with Crippen LogP contribution in [0.15, 0.2) is 35.7 Å². The first kappa shape index (κ1) is 19.3. The zero-order valence-corrected chi connectivity index (χ0v) is 17.3. The summed E-state index contributed by atoms with van der Waals surface area (Å²) in [6.07, 6.45) is 1.37. The zero-order chi connectivity index (χ0) is 20.4. The van der Waals surface area contributed by atoms with Crippen molar-refractivity contribution < 1.29 is 14.3 Å². The smallest absolute Gasteiger partial charge is 0.244 e. The van der Waals surface area contributed by atoms with Crippen molar-refractivity contribution in [1.82, 2.24) is 14.8 Å². The second-order valence-electron chi connectivity index (χ2n) is 6.50. The monoisotopic (exact) mass is 429 g/mol. The second kappa shape index (κ2) is 8.18. The molecular formula is C19H19N5O3S2. The number of amides is 2. The highest BCUT2D eigenvalue weighted by atomic mass is 32.1. The van der Waals surface area contributed by atoms with E-state index in [4.69, 9.17) is 17.0 Å². The lowest BCUT2D eigenvalue weighted by atomic mass is 10.2. The number of nitrogens with zero attached hydrogens (tertiary/aromatic N) is 3. The molecule has 0 saturated carbocycles. The maximum atomic E-state index is 12.6. The summed E-state index contributed by atoms with van der Waals surface area (Å²) in [5.41, 5.74) is 1.29. The molecule has 8 nitrogen and oxygen atoms in total. The maximum Gasteiger partial charge on any atom is 0.244 e. The maximum absolute atomic E-state index is 12.6. The molecule has 29 heavy (non-hydrogen) atoms. The summed E-state index contributed by atoms with van der Waals surface area (Å²) in [4.78, 5) is 27.3. The van der Waals surface area contributed by atoms with E-state index in [1.54, 1.807) is 34.8 Å². The van der Waals surface area contributed by atoms with Crippen LogP contribution in [0.4, 0.5) is 11.4 Å². The highest BCUT2D eigenvalue weighted by molar-refractivity contribution is 7.71. The van der Waals surface area contributed by atoms with E-state index in [1.165, 1.54) is 11.3 Å². The second-order valence-corrected chi connectivity index (χ2v) is 7.83. The van der Waals surface area contributed by atoms with Gasteiger partial charge in [0.2, 0.25) is 11.8 Å².